The molecule has 3 unspecified atom stereocenters. The number of quaternary nitrogens is 1. The molecule has 11 heteroatoms. The fourth-order valence-electron chi connectivity index (χ4n) is 5.69. The lowest BCUT2D eigenvalue weighted by atomic mass is 10.1. The monoisotopic (exact) mass is 897 g/mol. The molecule has 63 heavy (non-hydrogen) atoms. The van der Waals surface area contributed by atoms with Crippen molar-refractivity contribution in [2.75, 3.05) is 47.5 Å². The topological polar surface area (TPSA) is 121 Å². The summed E-state index contributed by atoms with van der Waals surface area (Å²) in [5, 5.41) is 0. The van der Waals surface area contributed by atoms with Crippen molar-refractivity contribution in [3.05, 3.63) is 122 Å². The van der Waals surface area contributed by atoms with Crippen molar-refractivity contribution >= 4 is 19.8 Å². The Morgan fingerprint density at radius 3 is 1.56 bits per heavy atom. The summed E-state index contributed by atoms with van der Waals surface area (Å²) < 4.78 is 39.9. The van der Waals surface area contributed by atoms with Crippen LogP contribution in [0.25, 0.3) is 0 Å². The van der Waals surface area contributed by atoms with Gasteiger partial charge in [-0.15, -0.1) is 0 Å². The Hall–Kier alpha value is -3.63. The lowest BCUT2D eigenvalue weighted by Gasteiger charge is -2.24. The summed E-state index contributed by atoms with van der Waals surface area (Å²) in [5.74, 6) is -0.953. The van der Waals surface area contributed by atoms with Crippen LogP contribution in [-0.4, -0.2) is 87.1 Å². The van der Waals surface area contributed by atoms with E-state index in [0.29, 0.717) is 36.1 Å². The van der Waals surface area contributed by atoms with E-state index < -0.39 is 32.5 Å². The molecule has 0 radical (unpaired) electrons. The van der Waals surface area contributed by atoms with E-state index in [1.807, 2.05) is 33.3 Å². The van der Waals surface area contributed by atoms with Gasteiger partial charge in [0, 0.05) is 12.8 Å². The second-order valence-corrected chi connectivity index (χ2v) is 17.9. The zero-order valence-corrected chi connectivity index (χ0v) is 40.3. The second kappa shape index (κ2) is 38.8. The number of nitrogens with zero attached hydrogens (tertiary/aromatic N) is 1. The Kier molecular flexibility index (Phi) is 35.3. The third kappa shape index (κ3) is 39.7. The first-order chi connectivity index (χ1) is 30.5. The Morgan fingerprint density at radius 1 is 0.571 bits per heavy atom. The highest BCUT2D eigenvalue weighted by atomic mass is 31.2. The summed E-state index contributed by atoms with van der Waals surface area (Å²) in [6.07, 6.45) is 57.3. The first kappa shape index (κ1) is 57.4. The molecule has 4 atom stereocenters. The van der Waals surface area contributed by atoms with Gasteiger partial charge in [0.25, 0.3) is 0 Å². The summed E-state index contributed by atoms with van der Waals surface area (Å²) in [7, 11) is 1.38. The third-order valence-corrected chi connectivity index (χ3v) is 10.4. The predicted octanol–water partition coefficient (Wildman–Crippen LogP) is 12.7. The summed E-state index contributed by atoms with van der Waals surface area (Å²) in [6.45, 7) is 4.02. The fraction of sp³-hybridized carbons (Fsp3) is 0.577. The van der Waals surface area contributed by atoms with Crippen LogP contribution in [0.4, 0.5) is 0 Å². The minimum atomic E-state index is -4.42. The number of phosphoric ester groups is 1. The predicted molar refractivity (Wildman–Crippen MR) is 260 cm³/mol. The molecule has 0 aromatic rings. The molecule has 0 aromatic carbocycles. The van der Waals surface area contributed by atoms with Crippen molar-refractivity contribution in [1.82, 2.24) is 0 Å². The van der Waals surface area contributed by atoms with Crippen LogP contribution in [0.2, 0.25) is 0 Å². The molecule has 354 valence electrons. The average molecular weight is 897 g/mol. The molecule has 10 nitrogen and oxygen atoms in total. The zero-order valence-electron chi connectivity index (χ0n) is 39.4. The number of carbonyl (C=O) groups excluding carboxylic acids is 2. The highest BCUT2D eigenvalue weighted by molar-refractivity contribution is 7.47. The van der Waals surface area contributed by atoms with E-state index in [-0.39, 0.29) is 26.1 Å². The van der Waals surface area contributed by atoms with Crippen LogP contribution in [0.5, 0.6) is 0 Å². The van der Waals surface area contributed by atoms with Crippen molar-refractivity contribution < 1.29 is 46.8 Å². The van der Waals surface area contributed by atoms with E-state index in [2.05, 4.69) is 123 Å². The number of carbonyl (C=O) groups is 2. The maximum atomic E-state index is 12.7. The van der Waals surface area contributed by atoms with Gasteiger partial charge in [-0.3, -0.25) is 18.6 Å². The van der Waals surface area contributed by atoms with E-state index in [4.69, 9.17) is 23.3 Å². The number of ether oxygens (including phenoxy) is 3. The molecule has 0 aliphatic carbocycles. The van der Waals surface area contributed by atoms with Crippen LogP contribution in [0, 0.1) is 0 Å². The van der Waals surface area contributed by atoms with E-state index in [0.717, 1.165) is 89.9 Å². The molecule has 1 saturated heterocycles. The third-order valence-electron chi connectivity index (χ3n) is 9.40. The van der Waals surface area contributed by atoms with Gasteiger partial charge in [-0.05, 0) is 96.3 Å². The van der Waals surface area contributed by atoms with Crippen LogP contribution in [0.3, 0.4) is 0 Å². The van der Waals surface area contributed by atoms with Gasteiger partial charge in [0.15, 0.2) is 6.10 Å². The number of rotatable bonds is 39. The number of hydrogen-bond donors (Lipinski definition) is 1. The molecule has 1 fully saturated rings. The quantitative estimate of drug-likeness (QED) is 0.0160. The van der Waals surface area contributed by atoms with Gasteiger partial charge in [-0.2, -0.15) is 0 Å². The van der Waals surface area contributed by atoms with Crippen molar-refractivity contribution in [2.45, 2.75) is 148 Å². The maximum absolute atomic E-state index is 12.7. The van der Waals surface area contributed by atoms with E-state index >= 15 is 0 Å². The molecule has 0 aromatic heterocycles. The summed E-state index contributed by atoms with van der Waals surface area (Å²) >= 11 is 0. The Balaban J connectivity index is 2.35. The molecule has 1 rings (SSSR count). The number of epoxide rings is 1. The van der Waals surface area contributed by atoms with Crippen LogP contribution in [0.1, 0.15) is 129 Å². The second-order valence-electron chi connectivity index (χ2n) is 16.4. The van der Waals surface area contributed by atoms with Crippen molar-refractivity contribution in [3.8, 4) is 0 Å². The molecular weight excluding hydrogens is 814 g/mol. The molecular formula is C52H83NO9P+. The molecule has 0 spiro atoms. The summed E-state index contributed by atoms with van der Waals surface area (Å²) in [4.78, 5) is 35.4. The normalized spacial score (nSPS) is 17.8. The summed E-state index contributed by atoms with van der Waals surface area (Å²) in [5.41, 5.74) is 0. The standard InChI is InChI=1S/C52H82NO9P/c1-6-8-10-11-12-13-14-15-16-17-18-19-20-21-26-29-32-35-39-43-52(55)61-48(47-60-63(56,57)59-45-44-53(3,4)5)46-58-51(54)42-38-34-31-28-25-23-22-24-27-30-33-37-41-50-49(62-50)40-36-9-7-2/h8-10,12-13,15-16,18-19,21,23-27,31,33-34,36-37,48-50H,6-7,11,14,17,20,22,28-30,32,35,38-47H2,1-5H3/p+1/b10-8-,13-12-,16-15-,19-18-,25-23-,26-21-,27-24-,34-31-,36-9-,37-33-/t48-,49?,50?/m1/s1. The highest BCUT2D eigenvalue weighted by Crippen LogP contribution is 2.43. The van der Waals surface area contributed by atoms with Crippen LogP contribution in [0.15, 0.2) is 122 Å². The minimum absolute atomic E-state index is 0.00392. The van der Waals surface area contributed by atoms with E-state index in [9.17, 15) is 19.0 Å². The van der Waals surface area contributed by atoms with Gasteiger partial charge in [0.1, 0.15) is 19.8 Å². The van der Waals surface area contributed by atoms with Gasteiger partial charge in [-0.1, -0.05) is 142 Å². The zero-order chi connectivity index (χ0) is 46.1. The van der Waals surface area contributed by atoms with Gasteiger partial charge >= 0.3 is 19.8 Å². The van der Waals surface area contributed by atoms with Gasteiger partial charge in [0.2, 0.25) is 0 Å². The Bertz CT molecular complexity index is 1550. The fourth-order valence-corrected chi connectivity index (χ4v) is 6.44. The summed E-state index contributed by atoms with van der Waals surface area (Å²) in [6, 6.07) is 0. The number of phosphoric acid groups is 1. The lowest BCUT2D eigenvalue weighted by molar-refractivity contribution is -0.870. The van der Waals surface area contributed by atoms with Gasteiger partial charge < -0.3 is 23.6 Å². The van der Waals surface area contributed by atoms with Crippen molar-refractivity contribution in [3.63, 3.8) is 0 Å². The Labute approximate surface area is 382 Å². The SMILES string of the molecule is CC/C=C\C/C=C\C/C=C\C/C=C\C/C=C\CCCCCC(=O)O[C@H](COC(=O)CC/C=C\C/C=C\C/C=C\C/C=C\CC1OC1C/C=C\CC)COP(=O)(O)OCC[N+](C)(C)C. The van der Waals surface area contributed by atoms with Crippen LogP contribution < -0.4 is 0 Å². The van der Waals surface area contributed by atoms with Crippen molar-refractivity contribution in [2.24, 2.45) is 0 Å². The lowest BCUT2D eigenvalue weighted by Crippen LogP contribution is -2.37. The first-order valence-electron chi connectivity index (χ1n) is 23.4. The molecule has 1 heterocycles. The molecule has 1 aliphatic heterocycles. The number of esters is 2. The van der Waals surface area contributed by atoms with Crippen LogP contribution in [-0.2, 0) is 37.4 Å². The van der Waals surface area contributed by atoms with Crippen molar-refractivity contribution in [1.29, 1.82) is 0 Å². The average Bonchev–Trinajstić information content (AvgIpc) is 3.99. The smallest absolute Gasteiger partial charge is 0.462 e. The van der Waals surface area contributed by atoms with E-state index in [1.165, 1.54) is 0 Å². The number of hydrogen-bond acceptors (Lipinski definition) is 8. The molecule has 0 amide bonds. The maximum Gasteiger partial charge on any atom is 0.472 e. The minimum Gasteiger partial charge on any atom is -0.462 e. The number of likely N-dealkylation sites (N-methyl/N-ethyl adjacent to an activating group) is 1. The molecule has 0 saturated carbocycles. The first-order valence-corrected chi connectivity index (χ1v) is 24.9. The van der Waals surface area contributed by atoms with E-state index in [1.54, 1.807) is 0 Å². The molecule has 1 aliphatic rings. The molecule has 1 N–H and O–H groups in total. The highest BCUT2D eigenvalue weighted by Gasteiger charge is 2.36. The van der Waals surface area contributed by atoms with Gasteiger partial charge in [0.05, 0.1) is 40.0 Å². The molecule has 0 bridgehead atoms. The number of allylic oxidation sites excluding steroid dienone is 18. The number of unbranched alkanes of at least 4 members (excludes halogenated alkanes) is 3. The largest absolute Gasteiger partial charge is 0.472 e. The van der Waals surface area contributed by atoms with Crippen LogP contribution >= 0.6 is 7.82 Å². The van der Waals surface area contributed by atoms with Gasteiger partial charge in [-0.25, -0.2) is 4.57 Å². The Morgan fingerprint density at radius 2 is 1.03 bits per heavy atom.